The number of fused-ring (bicyclic) bond motifs is 1. The summed E-state index contributed by atoms with van der Waals surface area (Å²) in [6.45, 7) is 7.47. The van der Waals surface area contributed by atoms with E-state index in [1.54, 1.807) is 12.0 Å². The van der Waals surface area contributed by atoms with Crippen LogP contribution in [0.4, 0.5) is 18.9 Å². The molecule has 3 rings (SSSR count). The van der Waals surface area contributed by atoms with Gasteiger partial charge in [0.1, 0.15) is 5.75 Å². The van der Waals surface area contributed by atoms with Gasteiger partial charge in [0.25, 0.3) is 11.8 Å². The average molecular weight is 500 g/mol. The second-order valence-corrected chi connectivity index (χ2v) is 9.63. The molecule has 2 aliphatic heterocycles. The molecule has 1 saturated heterocycles. The van der Waals surface area contributed by atoms with Gasteiger partial charge in [-0.25, -0.2) is 0 Å². The van der Waals surface area contributed by atoms with Gasteiger partial charge in [0.15, 0.2) is 5.60 Å². The number of benzene rings is 1. The monoisotopic (exact) mass is 499 g/mol. The number of carbonyl (C=O) groups is 2. The van der Waals surface area contributed by atoms with E-state index in [4.69, 9.17) is 9.47 Å². The molecule has 1 aromatic carbocycles. The molecule has 0 spiro atoms. The Bertz CT molecular complexity index is 914. The van der Waals surface area contributed by atoms with E-state index < -0.39 is 28.8 Å². The van der Waals surface area contributed by atoms with Gasteiger partial charge in [0, 0.05) is 39.4 Å². The standard InChI is InChI=1S/C25H36F3N3O4/c1-5-11-30(17-9-8-10-29-16-17)22(32)18-14-20-21(15-19(18)25(26,27)28)35-24(2,3)23(33)31(20)12-6-7-13-34-4/h14-15,17,29H,5-13,16H2,1-4H3/t17-/m1/s1. The Kier molecular flexibility index (Phi) is 8.69. The van der Waals surface area contributed by atoms with Crippen molar-refractivity contribution in [2.24, 2.45) is 0 Å². The van der Waals surface area contributed by atoms with Gasteiger partial charge in [0.2, 0.25) is 0 Å². The third kappa shape index (κ3) is 6.09. The van der Waals surface area contributed by atoms with Gasteiger partial charge in [-0.3, -0.25) is 9.59 Å². The molecule has 0 unspecified atom stereocenters. The zero-order valence-electron chi connectivity index (χ0n) is 21.0. The smallest absolute Gasteiger partial charge is 0.417 e. The first-order valence-electron chi connectivity index (χ1n) is 12.3. The minimum atomic E-state index is -4.76. The molecule has 1 N–H and O–H groups in total. The predicted octanol–water partition coefficient (Wildman–Crippen LogP) is 4.24. The number of ether oxygens (including phenoxy) is 2. The van der Waals surface area contributed by atoms with Crippen molar-refractivity contribution in [3.63, 3.8) is 0 Å². The highest BCUT2D eigenvalue weighted by Crippen LogP contribution is 2.44. The molecule has 7 nitrogen and oxygen atoms in total. The van der Waals surface area contributed by atoms with E-state index in [0.717, 1.165) is 25.5 Å². The number of hydrogen-bond donors (Lipinski definition) is 1. The van der Waals surface area contributed by atoms with Crippen LogP contribution in [0.5, 0.6) is 5.75 Å². The van der Waals surface area contributed by atoms with Gasteiger partial charge in [-0.15, -0.1) is 0 Å². The molecule has 2 amide bonds. The lowest BCUT2D eigenvalue weighted by Crippen LogP contribution is -2.53. The van der Waals surface area contributed by atoms with Crippen molar-refractivity contribution in [2.75, 3.05) is 44.8 Å². The molecule has 196 valence electrons. The van der Waals surface area contributed by atoms with E-state index in [-0.39, 0.29) is 29.9 Å². The number of methoxy groups -OCH3 is 1. The van der Waals surface area contributed by atoms with E-state index in [0.29, 0.717) is 39.0 Å². The van der Waals surface area contributed by atoms with Gasteiger partial charge in [-0.2, -0.15) is 13.2 Å². The Hall–Kier alpha value is -2.33. The maximum Gasteiger partial charge on any atom is 0.417 e. The SMILES string of the molecule is CCCN(C(=O)c1cc2c(cc1C(F)(F)F)OC(C)(C)C(=O)N2CCCCOC)[C@@H]1CCCNC1. The van der Waals surface area contributed by atoms with Crippen LogP contribution in [-0.4, -0.2) is 68.3 Å². The summed E-state index contributed by atoms with van der Waals surface area (Å²) in [5, 5.41) is 3.23. The first kappa shape index (κ1) is 27.3. The molecule has 0 radical (unpaired) electrons. The quantitative estimate of drug-likeness (QED) is 0.515. The highest BCUT2D eigenvalue weighted by Gasteiger charge is 2.45. The highest BCUT2D eigenvalue weighted by atomic mass is 19.4. The van der Waals surface area contributed by atoms with Crippen molar-refractivity contribution in [1.29, 1.82) is 0 Å². The summed E-state index contributed by atoms with van der Waals surface area (Å²) < 4.78 is 53.4. The summed E-state index contributed by atoms with van der Waals surface area (Å²) in [6.07, 6.45) is -1.29. The molecule has 1 atom stereocenters. The van der Waals surface area contributed by atoms with E-state index in [2.05, 4.69) is 5.32 Å². The van der Waals surface area contributed by atoms with Crippen molar-refractivity contribution in [1.82, 2.24) is 10.2 Å². The number of amides is 2. The molecule has 1 aromatic rings. The van der Waals surface area contributed by atoms with Gasteiger partial charge in [0.05, 0.1) is 16.8 Å². The van der Waals surface area contributed by atoms with E-state index >= 15 is 0 Å². The molecular formula is C25H36F3N3O4. The fourth-order valence-corrected chi connectivity index (χ4v) is 4.71. The fourth-order valence-electron chi connectivity index (χ4n) is 4.71. The molecule has 2 heterocycles. The van der Waals surface area contributed by atoms with Crippen LogP contribution >= 0.6 is 0 Å². The number of unbranched alkanes of at least 4 members (excludes halogenated alkanes) is 1. The van der Waals surface area contributed by atoms with Crippen molar-refractivity contribution < 1.29 is 32.2 Å². The lowest BCUT2D eigenvalue weighted by Gasteiger charge is -2.40. The number of nitrogens with zero attached hydrogens (tertiary/aromatic N) is 2. The zero-order valence-corrected chi connectivity index (χ0v) is 21.0. The lowest BCUT2D eigenvalue weighted by molar-refractivity contribution is -0.138. The van der Waals surface area contributed by atoms with Crippen LogP contribution in [-0.2, 0) is 15.7 Å². The number of rotatable bonds is 9. The third-order valence-corrected chi connectivity index (χ3v) is 6.47. The van der Waals surface area contributed by atoms with Crippen molar-refractivity contribution >= 4 is 17.5 Å². The topological polar surface area (TPSA) is 71.1 Å². The number of hydrogen-bond acceptors (Lipinski definition) is 5. The summed E-state index contributed by atoms with van der Waals surface area (Å²) in [6, 6.07) is 1.89. The molecule has 0 saturated carbocycles. The summed E-state index contributed by atoms with van der Waals surface area (Å²) in [7, 11) is 1.58. The zero-order chi connectivity index (χ0) is 25.8. The van der Waals surface area contributed by atoms with E-state index in [1.807, 2.05) is 6.92 Å². The number of anilines is 1. The Labute approximate surface area is 204 Å². The first-order chi connectivity index (χ1) is 16.5. The largest absolute Gasteiger partial charge is 0.476 e. The lowest BCUT2D eigenvalue weighted by atomic mass is 9.97. The van der Waals surface area contributed by atoms with E-state index in [9.17, 15) is 22.8 Å². The number of halogens is 3. The Balaban J connectivity index is 2.08. The van der Waals surface area contributed by atoms with Gasteiger partial charge >= 0.3 is 6.18 Å². The molecule has 35 heavy (non-hydrogen) atoms. The minimum Gasteiger partial charge on any atom is -0.476 e. The molecule has 10 heteroatoms. The van der Waals surface area contributed by atoms with Gasteiger partial charge in [-0.05, 0) is 64.6 Å². The van der Waals surface area contributed by atoms with Crippen LogP contribution in [0, 0.1) is 0 Å². The summed E-state index contributed by atoms with van der Waals surface area (Å²) in [5.41, 5.74) is -2.63. The fraction of sp³-hybridized carbons (Fsp3) is 0.680. The van der Waals surface area contributed by atoms with Crippen molar-refractivity contribution in [3.8, 4) is 5.75 Å². The second kappa shape index (κ2) is 11.2. The maximum absolute atomic E-state index is 14.2. The second-order valence-electron chi connectivity index (χ2n) is 9.63. The average Bonchev–Trinajstić information content (AvgIpc) is 2.81. The van der Waals surface area contributed by atoms with Crippen LogP contribution in [0.15, 0.2) is 12.1 Å². The van der Waals surface area contributed by atoms with Crippen LogP contribution < -0.4 is 15.0 Å². The molecule has 2 aliphatic rings. The van der Waals surface area contributed by atoms with Gasteiger partial charge < -0.3 is 24.6 Å². The first-order valence-corrected chi connectivity index (χ1v) is 12.3. The predicted molar refractivity (Wildman–Crippen MR) is 127 cm³/mol. The summed E-state index contributed by atoms with van der Waals surface area (Å²) in [5.74, 6) is -1.08. The van der Waals surface area contributed by atoms with Crippen LogP contribution in [0.1, 0.15) is 68.8 Å². The van der Waals surface area contributed by atoms with Crippen molar-refractivity contribution in [2.45, 2.75) is 70.7 Å². The number of carbonyl (C=O) groups excluding carboxylic acids is 2. The Morgan fingerprint density at radius 2 is 2.06 bits per heavy atom. The molecule has 0 bridgehead atoms. The maximum atomic E-state index is 14.2. The van der Waals surface area contributed by atoms with E-state index in [1.165, 1.54) is 24.8 Å². The van der Waals surface area contributed by atoms with Crippen LogP contribution in [0.25, 0.3) is 0 Å². The number of nitrogens with one attached hydrogen (secondary N) is 1. The third-order valence-electron chi connectivity index (χ3n) is 6.47. The van der Waals surface area contributed by atoms with Crippen molar-refractivity contribution in [3.05, 3.63) is 23.3 Å². The Morgan fingerprint density at radius 1 is 1.31 bits per heavy atom. The molecule has 0 aromatic heterocycles. The van der Waals surface area contributed by atoms with Crippen LogP contribution in [0.3, 0.4) is 0 Å². The number of piperidine rings is 1. The summed E-state index contributed by atoms with van der Waals surface area (Å²) >= 11 is 0. The van der Waals surface area contributed by atoms with Crippen LogP contribution in [0.2, 0.25) is 0 Å². The molecule has 1 fully saturated rings. The highest BCUT2D eigenvalue weighted by molar-refractivity contribution is 6.05. The van der Waals surface area contributed by atoms with Gasteiger partial charge in [-0.1, -0.05) is 6.92 Å². The normalized spacial score (nSPS) is 19.8. The number of alkyl halides is 3. The molecular weight excluding hydrogens is 463 g/mol. The minimum absolute atomic E-state index is 0.0495. The Morgan fingerprint density at radius 3 is 2.66 bits per heavy atom. The summed E-state index contributed by atoms with van der Waals surface area (Å²) in [4.78, 5) is 29.8. The molecule has 0 aliphatic carbocycles.